The van der Waals surface area contributed by atoms with Crippen LogP contribution in [0.4, 0.5) is 0 Å². The van der Waals surface area contributed by atoms with Crippen LogP contribution >= 0.6 is 11.3 Å². The third-order valence-electron chi connectivity index (χ3n) is 5.28. The van der Waals surface area contributed by atoms with Gasteiger partial charge in [0.05, 0.1) is 15.7 Å². The highest BCUT2D eigenvalue weighted by Crippen LogP contribution is 2.40. The lowest BCUT2D eigenvalue weighted by Gasteiger charge is -2.19. The van der Waals surface area contributed by atoms with E-state index in [1.165, 1.54) is 22.8 Å². The van der Waals surface area contributed by atoms with E-state index in [1.807, 2.05) is 35.8 Å². The maximum absolute atomic E-state index is 12.0. The number of hydrogen-bond acceptors (Lipinski definition) is 4. The van der Waals surface area contributed by atoms with Gasteiger partial charge in [0.25, 0.3) is 0 Å². The summed E-state index contributed by atoms with van der Waals surface area (Å²) in [7, 11) is 0. The van der Waals surface area contributed by atoms with Crippen LogP contribution in [0.5, 0.6) is 5.75 Å². The van der Waals surface area contributed by atoms with Crippen molar-refractivity contribution in [2.24, 2.45) is 0 Å². The van der Waals surface area contributed by atoms with Gasteiger partial charge in [-0.1, -0.05) is 62.0 Å². The highest BCUT2D eigenvalue weighted by atomic mass is 32.1. The van der Waals surface area contributed by atoms with E-state index in [9.17, 15) is 4.79 Å². The van der Waals surface area contributed by atoms with Crippen LogP contribution in [0.3, 0.4) is 0 Å². The molecule has 4 heteroatoms. The Morgan fingerprint density at radius 3 is 2.55 bits per heavy atom. The quantitative estimate of drug-likeness (QED) is 0.144. The van der Waals surface area contributed by atoms with Crippen molar-refractivity contribution < 1.29 is 9.53 Å². The van der Waals surface area contributed by atoms with Crippen LogP contribution in [-0.2, 0) is 4.79 Å². The van der Waals surface area contributed by atoms with Gasteiger partial charge in [0.2, 0.25) is 0 Å². The minimum Gasteiger partial charge on any atom is -0.423 e. The molecule has 3 aromatic carbocycles. The molecule has 0 aliphatic heterocycles. The molecule has 154 valence electrons. The number of hydrogen-bond donors (Lipinski definition) is 0. The average molecular weight is 426 g/mol. The molecule has 0 atom stereocenters. The molecular formula is C27H23NO2S. The zero-order chi connectivity index (χ0) is 21.8. The summed E-state index contributed by atoms with van der Waals surface area (Å²) in [5.41, 5.74) is 9.35. The highest BCUT2D eigenvalue weighted by Gasteiger charge is 2.19. The van der Waals surface area contributed by atoms with Gasteiger partial charge in [-0.2, -0.15) is 0 Å². The van der Waals surface area contributed by atoms with E-state index in [1.54, 1.807) is 11.3 Å². The fraction of sp³-hybridized carbons (Fsp3) is 0.111. The van der Waals surface area contributed by atoms with Gasteiger partial charge in [0.1, 0.15) is 5.75 Å². The fourth-order valence-electron chi connectivity index (χ4n) is 3.83. The summed E-state index contributed by atoms with van der Waals surface area (Å²) in [6, 6.07) is 22.4. The van der Waals surface area contributed by atoms with Gasteiger partial charge < -0.3 is 4.74 Å². The largest absolute Gasteiger partial charge is 0.423 e. The number of para-hydroxylation sites is 1. The maximum atomic E-state index is 12.0. The molecule has 0 N–H and O–H groups in total. The number of esters is 1. The third kappa shape index (κ3) is 4.21. The van der Waals surface area contributed by atoms with Gasteiger partial charge in [-0.05, 0) is 59.4 Å². The van der Waals surface area contributed by atoms with E-state index < -0.39 is 5.97 Å². The smallest absolute Gasteiger partial charge is 0.335 e. The molecule has 4 aromatic rings. The predicted molar refractivity (Wildman–Crippen MR) is 129 cm³/mol. The van der Waals surface area contributed by atoms with Gasteiger partial charge in [0.15, 0.2) is 0 Å². The Hall–Kier alpha value is -3.50. The number of carbonyl (C=O) groups is 1. The summed E-state index contributed by atoms with van der Waals surface area (Å²) in [6.45, 7) is 7.81. The van der Waals surface area contributed by atoms with Gasteiger partial charge >= 0.3 is 5.97 Å². The first-order chi connectivity index (χ1) is 15.1. The van der Waals surface area contributed by atoms with E-state index in [0.717, 1.165) is 33.3 Å². The molecular weight excluding hydrogens is 402 g/mol. The number of allylic oxidation sites excluding steroid dienone is 1. The van der Waals surface area contributed by atoms with E-state index >= 15 is 0 Å². The van der Waals surface area contributed by atoms with Gasteiger partial charge in [0, 0.05) is 11.6 Å². The van der Waals surface area contributed by atoms with E-state index in [2.05, 4.69) is 61.8 Å². The third-order valence-corrected chi connectivity index (χ3v) is 6.09. The van der Waals surface area contributed by atoms with E-state index in [4.69, 9.17) is 4.74 Å². The van der Waals surface area contributed by atoms with Crippen LogP contribution in [0, 0.1) is 6.92 Å². The van der Waals surface area contributed by atoms with Gasteiger partial charge in [-0.3, -0.25) is 0 Å². The number of fused-ring (bicyclic) bond motifs is 1. The fourth-order valence-corrected chi connectivity index (χ4v) is 4.49. The van der Waals surface area contributed by atoms with Gasteiger partial charge in [-0.25, -0.2) is 9.78 Å². The van der Waals surface area contributed by atoms with Crippen molar-refractivity contribution in [2.75, 3.05) is 0 Å². The number of aryl methyl sites for hydroxylation is 1. The molecule has 0 saturated carbocycles. The topological polar surface area (TPSA) is 39.2 Å². The number of thiazole rings is 1. The number of carbonyl (C=O) groups excluding carboxylic acids is 1. The normalized spacial score (nSPS) is 11.8. The summed E-state index contributed by atoms with van der Waals surface area (Å²) >= 11 is 1.62. The lowest BCUT2D eigenvalue weighted by atomic mass is 9.86. The first-order valence-electron chi connectivity index (χ1n) is 10.2. The van der Waals surface area contributed by atoms with Gasteiger partial charge in [-0.15, -0.1) is 11.3 Å². The Morgan fingerprint density at radius 2 is 1.81 bits per heavy atom. The number of aromatic nitrogens is 1. The van der Waals surface area contributed by atoms with Crippen LogP contribution in [-0.4, -0.2) is 11.0 Å². The minimum atomic E-state index is -0.476. The number of rotatable bonds is 6. The Morgan fingerprint density at radius 1 is 1.06 bits per heavy atom. The maximum Gasteiger partial charge on any atom is 0.335 e. The van der Waals surface area contributed by atoms with Crippen molar-refractivity contribution in [1.29, 1.82) is 0 Å². The van der Waals surface area contributed by atoms with Crippen LogP contribution in [0.25, 0.3) is 21.4 Å². The van der Waals surface area contributed by atoms with Crippen LogP contribution in [0.1, 0.15) is 35.6 Å². The number of benzene rings is 3. The average Bonchev–Trinajstić information content (AvgIpc) is 3.26. The molecule has 0 unspecified atom stereocenters. The van der Waals surface area contributed by atoms with Crippen molar-refractivity contribution in [3.8, 4) is 5.75 Å². The molecule has 0 aliphatic rings. The van der Waals surface area contributed by atoms with Crippen molar-refractivity contribution in [3.63, 3.8) is 0 Å². The van der Waals surface area contributed by atoms with Crippen molar-refractivity contribution in [2.45, 2.75) is 20.3 Å². The van der Waals surface area contributed by atoms with Crippen molar-refractivity contribution >= 4 is 38.7 Å². The number of nitrogens with zero attached hydrogens (tertiary/aromatic N) is 1. The lowest BCUT2D eigenvalue weighted by Crippen LogP contribution is -2.06. The standard InChI is InChI=1S/C27H23NO2S/c1-4-20(21-11-7-6-10-18(21)3)27(19-14-15-25-23(16-19)28-17-31-25)22-12-8-9-13-24(22)30-26(29)5-2/h5-17H,2,4H2,1,3H3/b27-20+. The second kappa shape index (κ2) is 9.11. The molecule has 0 bridgehead atoms. The Balaban J connectivity index is 2.04. The SMILES string of the molecule is C=CC(=O)Oc1ccccc1/C(=C(\CC)c1ccccc1C)c1ccc2scnc2c1. The molecule has 1 heterocycles. The highest BCUT2D eigenvalue weighted by molar-refractivity contribution is 7.16. The molecule has 31 heavy (non-hydrogen) atoms. The molecule has 0 aliphatic carbocycles. The Bertz CT molecular complexity index is 1300. The zero-order valence-corrected chi connectivity index (χ0v) is 18.4. The lowest BCUT2D eigenvalue weighted by molar-refractivity contribution is -0.128. The summed E-state index contributed by atoms with van der Waals surface area (Å²) in [6.07, 6.45) is 2.00. The second-order valence-electron chi connectivity index (χ2n) is 7.18. The summed E-state index contributed by atoms with van der Waals surface area (Å²) in [5.74, 6) is 0.0380. The molecule has 0 radical (unpaired) electrons. The molecule has 0 fully saturated rings. The molecule has 1 aromatic heterocycles. The zero-order valence-electron chi connectivity index (χ0n) is 17.6. The number of ether oxygens (including phenoxy) is 1. The van der Waals surface area contributed by atoms with E-state index in [-0.39, 0.29) is 0 Å². The Kier molecular flexibility index (Phi) is 6.10. The van der Waals surface area contributed by atoms with Crippen LogP contribution in [0.2, 0.25) is 0 Å². The molecule has 0 spiro atoms. The monoisotopic (exact) mass is 425 g/mol. The summed E-state index contributed by atoms with van der Waals surface area (Å²) in [5, 5.41) is 0. The first kappa shape index (κ1) is 20.8. The Labute approximate surface area is 186 Å². The van der Waals surface area contributed by atoms with Crippen LogP contribution < -0.4 is 4.74 Å². The molecule has 4 rings (SSSR count). The molecule has 0 amide bonds. The first-order valence-corrected chi connectivity index (χ1v) is 11.1. The minimum absolute atomic E-state index is 0.476. The van der Waals surface area contributed by atoms with E-state index in [0.29, 0.717) is 5.75 Å². The predicted octanol–water partition coefficient (Wildman–Crippen LogP) is 7.07. The molecule has 0 saturated heterocycles. The van der Waals surface area contributed by atoms with Crippen molar-refractivity contribution in [1.82, 2.24) is 4.98 Å². The van der Waals surface area contributed by atoms with Crippen LogP contribution in [0.15, 0.2) is 84.9 Å². The molecule has 3 nitrogen and oxygen atoms in total. The summed E-state index contributed by atoms with van der Waals surface area (Å²) < 4.78 is 6.77. The second-order valence-corrected chi connectivity index (χ2v) is 8.06. The summed E-state index contributed by atoms with van der Waals surface area (Å²) in [4.78, 5) is 16.5. The van der Waals surface area contributed by atoms with Crippen molar-refractivity contribution in [3.05, 3.63) is 107 Å².